The summed E-state index contributed by atoms with van der Waals surface area (Å²) in [5, 5.41) is 20.9. The van der Waals surface area contributed by atoms with Gasteiger partial charge < -0.3 is 25.6 Å². The first-order valence-electron chi connectivity index (χ1n) is 9.95. The molecule has 0 bridgehead atoms. The molecular formula is C22H21F3N2O6. The third-order valence-electron chi connectivity index (χ3n) is 5.23. The summed E-state index contributed by atoms with van der Waals surface area (Å²) in [6, 6.07) is 9.96. The minimum absolute atomic E-state index is 0.270. The molecular weight excluding hydrogens is 445 g/mol. The number of benzene rings is 2. The topological polar surface area (TPSA) is 125 Å². The van der Waals surface area contributed by atoms with Gasteiger partial charge in [0.25, 0.3) is 5.91 Å². The number of ether oxygens (including phenoxy) is 1. The number of aliphatic hydroxyl groups excluding tert-OH is 1. The van der Waals surface area contributed by atoms with Crippen molar-refractivity contribution in [2.45, 2.75) is 30.6 Å². The molecule has 33 heavy (non-hydrogen) atoms. The van der Waals surface area contributed by atoms with Crippen LogP contribution in [0.15, 0.2) is 48.5 Å². The fraction of sp³-hybridized carbons (Fsp3) is 0.318. The number of carbonyl (C=O) groups is 3. The van der Waals surface area contributed by atoms with E-state index < -0.39 is 55.2 Å². The van der Waals surface area contributed by atoms with E-state index in [4.69, 9.17) is 14.9 Å². The second kappa shape index (κ2) is 9.90. The first-order valence-corrected chi connectivity index (χ1v) is 9.95. The maximum atomic E-state index is 13.4. The quantitative estimate of drug-likeness (QED) is 0.474. The molecule has 0 fully saturated rings. The van der Waals surface area contributed by atoms with E-state index in [-0.39, 0.29) is 6.61 Å². The Morgan fingerprint density at radius 1 is 0.970 bits per heavy atom. The number of aliphatic carboxylic acids is 1. The standard InChI is InChI=1S/C22H21F3N2O6/c23-22(24,25)18(19(29)26-17(9-10-28)20(30)31)27-21(32)33-11-16-14-7-3-1-5-12(14)13-6-2-4-8-15(13)16/h1-8,16-18,28H,9-11H2,(H,26,29)(H,27,32)(H,30,31)/t17-,18?/m1/s1. The van der Waals surface area contributed by atoms with Crippen LogP contribution in [-0.2, 0) is 14.3 Å². The van der Waals surface area contributed by atoms with Crippen molar-refractivity contribution in [2.24, 2.45) is 0 Å². The predicted octanol–water partition coefficient (Wildman–Crippen LogP) is 2.41. The first kappa shape index (κ1) is 24.1. The highest BCUT2D eigenvalue weighted by atomic mass is 19.4. The number of alkyl carbamates (subject to hydrolysis) is 1. The zero-order valence-electron chi connectivity index (χ0n) is 17.1. The lowest BCUT2D eigenvalue weighted by atomic mass is 9.98. The van der Waals surface area contributed by atoms with Gasteiger partial charge in [0.15, 0.2) is 0 Å². The smallest absolute Gasteiger partial charge is 0.417 e. The van der Waals surface area contributed by atoms with Gasteiger partial charge in [-0.2, -0.15) is 13.2 Å². The Morgan fingerprint density at radius 2 is 1.52 bits per heavy atom. The maximum absolute atomic E-state index is 13.4. The molecule has 0 spiro atoms. The molecule has 176 valence electrons. The number of carboxylic acid groups (broad SMARTS) is 1. The van der Waals surface area contributed by atoms with Gasteiger partial charge >= 0.3 is 18.2 Å². The molecule has 1 unspecified atom stereocenters. The number of aliphatic hydroxyl groups is 1. The third-order valence-corrected chi connectivity index (χ3v) is 5.23. The zero-order chi connectivity index (χ0) is 24.2. The highest BCUT2D eigenvalue weighted by molar-refractivity contribution is 5.90. The highest BCUT2D eigenvalue weighted by Crippen LogP contribution is 2.44. The van der Waals surface area contributed by atoms with Crippen molar-refractivity contribution < 1.29 is 42.5 Å². The Hall–Kier alpha value is -3.60. The number of rotatable bonds is 8. The molecule has 0 saturated heterocycles. The normalized spacial score (nSPS) is 14.5. The van der Waals surface area contributed by atoms with Crippen LogP contribution in [0.1, 0.15) is 23.5 Å². The van der Waals surface area contributed by atoms with Crippen LogP contribution in [0.3, 0.4) is 0 Å². The summed E-state index contributed by atoms with van der Waals surface area (Å²) >= 11 is 0. The fourth-order valence-electron chi connectivity index (χ4n) is 3.70. The van der Waals surface area contributed by atoms with Gasteiger partial charge in [0.05, 0.1) is 0 Å². The van der Waals surface area contributed by atoms with Crippen molar-refractivity contribution in [3.63, 3.8) is 0 Å². The number of alkyl halides is 3. The lowest BCUT2D eigenvalue weighted by Crippen LogP contribution is -2.58. The Bertz CT molecular complexity index is 997. The molecule has 0 radical (unpaired) electrons. The fourth-order valence-corrected chi connectivity index (χ4v) is 3.70. The molecule has 0 aliphatic heterocycles. The van der Waals surface area contributed by atoms with E-state index in [1.165, 1.54) is 5.32 Å². The van der Waals surface area contributed by atoms with E-state index in [0.717, 1.165) is 22.3 Å². The molecule has 0 saturated carbocycles. The third kappa shape index (κ3) is 5.43. The van der Waals surface area contributed by atoms with Crippen LogP contribution in [0, 0.1) is 0 Å². The van der Waals surface area contributed by atoms with Gasteiger partial charge in [-0.25, -0.2) is 9.59 Å². The summed E-state index contributed by atoms with van der Waals surface area (Å²) in [5.74, 6) is -3.81. The van der Waals surface area contributed by atoms with Gasteiger partial charge in [0.1, 0.15) is 12.6 Å². The SMILES string of the molecule is O=C(NC(C(=O)N[C@H](CCO)C(=O)O)C(F)(F)F)OCC1c2ccccc2-c2ccccc21. The van der Waals surface area contributed by atoms with Crippen LogP contribution in [0.5, 0.6) is 0 Å². The second-order valence-electron chi connectivity index (χ2n) is 7.36. The van der Waals surface area contributed by atoms with Crippen LogP contribution in [-0.4, -0.2) is 59.7 Å². The Kier molecular flexibility index (Phi) is 7.22. The minimum atomic E-state index is -5.21. The minimum Gasteiger partial charge on any atom is -0.480 e. The largest absolute Gasteiger partial charge is 0.480 e. The molecule has 0 aromatic heterocycles. The van der Waals surface area contributed by atoms with E-state index >= 15 is 0 Å². The summed E-state index contributed by atoms with van der Waals surface area (Å²) in [6.07, 6.45) is -7.20. The van der Waals surface area contributed by atoms with Crippen molar-refractivity contribution in [3.05, 3.63) is 59.7 Å². The summed E-state index contributed by atoms with van der Waals surface area (Å²) in [7, 11) is 0. The van der Waals surface area contributed by atoms with Gasteiger partial charge in [-0.1, -0.05) is 48.5 Å². The Labute approximate surface area is 186 Å². The number of halogens is 3. The summed E-state index contributed by atoms with van der Waals surface area (Å²) in [5.41, 5.74) is 3.56. The number of carboxylic acids is 1. The monoisotopic (exact) mass is 466 g/mol. The number of hydrogen-bond acceptors (Lipinski definition) is 5. The summed E-state index contributed by atoms with van der Waals surface area (Å²) in [4.78, 5) is 35.3. The first-order chi connectivity index (χ1) is 15.6. The zero-order valence-corrected chi connectivity index (χ0v) is 17.1. The molecule has 2 atom stereocenters. The summed E-state index contributed by atoms with van der Waals surface area (Å²) < 4.78 is 45.2. The molecule has 2 amide bonds. The number of hydrogen-bond donors (Lipinski definition) is 4. The van der Waals surface area contributed by atoms with Gasteiger partial charge in [-0.15, -0.1) is 0 Å². The van der Waals surface area contributed by atoms with Gasteiger partial charge in [-0.3, -0.25) is 4.79 Å². The number of fused-ring (bicyclic) bond motifs is 3. The molecule has 11 heteroatoms. The maximum Gasteiger partial charge on any atom is 0.417 e. The van der Waals surface area contributed by atoms with Crippen LogP contribution >= 0.6 is 0 Å². The average molecular weight is 466 g/mol. The van der Waals surface area contributed by atoms with Gasteiger partial charge in [-0.05, 0) is 22.3 Å². The Balaban J connectivity index is 1.69. The lowest BCUT2D eigenvalue weighted by molar-refractivity contribution is -0.169. The lowest BCUT2D eigenvalue weighted by Gasteiger charge is -2.23. The van der Waals surface area contributed by atoms with E-state index in [1.807, 2.05) is 36.4 Å². The molecule has 4 N–H and O–H groups in total. The molecule has 2 aromatic rings. The molecule has 2 aromatic carbocycles. The number of amides is 2. The highest BCUT2D eigenvalue weighted by Gasteiger charge is 2.47. The van der Waals surface area contributed by atoms with Gasteiger partial charge in [0.2, 0.25) is 6.04 Å². The second-order valence-corrected chi connectivity index (χ2v) is 7.36. The van der Waals surface area contributed by atoms with Crippen LogP contribution in [0.4, 0.5) is 18.0 Å². The average Bonchev–Trinajstić information content (AvgIpc) is 3.08. The van der Waals surface area contributed by atoms with Crippen molar-refractivity contribution in [1.29, 1.82) is 0 Å². The summed E-state index contributed by atoms with van der Waals surface area (Å²) in [6.45, 7) is -0.942. The van der Waals surface area contributed by atoms with Gasteiger partial charge in [0, 0.05) is 18.9 Å². The van der Waals surface area contributed by atoms with E-state index in [1.54, 1.807) is 17.4 Å². The van der Waals surface area contributed by atoms with E-state index in [2.05, 4.69) is 0 Å². The molecule has 3 rings (SSSR count). The van der Waals surface area contributed by atoms with Crippen molar-refractivity contribution in [3.8, 4) is 11.1 Å². The van der Waals surface area contributed by atoms with E-state index in [9.17, 15) is 27.6 Å². The molecule has 8 nitrogen and oxygen atoms in total. The van der Waals surface area contributed by atoms with E-state index in [0.29, 0.717) is 0 Å². The number of nitrogens with one attached hydrogen (secondary N) is 2. The van der Waals surface area contributed by atoms with Crippen molar-refractivity contribution in [2.75, 3.05) is 13.2 Å². The molecule has 1 aliphatic rings. The Morgan fingerprint density at radius 3 is 2.00 bits per heavy atom. The van der Waals surface area contributed by atoms with Crippen LogP contribution in [0.2, 0.25) is 0 Å². The number of carbonyl (C=O) groups excluding carboxylic acids is 2. The van der Waals surface area contributed by atoms with Crippen LogP contribution in [0.25, 0.3) is 11.1 Å². The predicted molar refractivity (Wildman–Crippen MR) is 109 cm³/mol. The van der Waals surface area contributed by atoms with Crippen LogP contribution < -0.4 is 10.6 Å². The van der Waals surface area contributed by atoms with Crippen molar-refractivity contribution >= 4 is 18.0 Å². The van der Waals surface area contributed by atoms with Crippen molar-refractivity contribution in [1.82, 2.24) is 10.6 Å². The molecule has 1 aliphatic carbocycles. The molecule has 0 heterocycles.